The maximum atomic E-state index is 8.46. The zero-order valence-electron chi connectivity index (χ0n) is 11.6. The minimum atomic E-state index is 0.649. The molecule has 2 heterocycles. The number of halogens is 1. The van der Waals surface area contributed by atoms with Crippen LogP contribution in [-0.4, -0.2) is 22.7 Å². The van der Waals surface area contributed by atoms with Crippen molar-refractivity contribution in [3.8, 4) is 5.75 Å². The molecule has 4 nitrogen and oxygen atoms in total. The number of aromatic nitrogens is 2. The Hall–Kier alpha value is -2.18. The summed E-state index contributed by atoms with van der Waals surface area (Å²) in [6.07, 6.45) is 3.77. The van der Waals surface area contributed by atoms with Crippen LogP contribution in [0.5, 0.6) is 5.75 Å². The lowest BCUT2D eigenvalue weighted by Gasteiger charge is -2.01. The first-order chi connectivity index (χ1) is 10.8. The Balaban J connectivity index is 0.000000133. The average molecular weight is 356 g/mol. The van der Waals surface area contributed by atoms with E-state index in [2.05, 4.69) is 38.0 Å². The topological polar surface area (TPSA) is 61.0 Å². The van der Waals surface area contributed by atoms with Crippen LogP contribution in [0.4, 0.5) is 0 Å². The Kier molecular flexibility index (Phi) is 4.51. The third kappa shape index (κ3) is 3.03. The first kappa shape index (κ1) is 14.7. The molecule has 0 bridgehead atoms. The fourth-order valence-electron chi connectivity index (χ4n) is 2.26. The van der Waals surface area contributed by atoms with Gasteiger partial charge >= 0.3 is 7.69 Å². The van der Waals surface area contributed by atoms with Crippen LogP contribution in [0.25, 0.3) is 21.8 Å². The SMILES string of the molecule is Brc1cccc2[nH]ccc12.O[B]Oc1cccc2[nH]ccc12. The van der Waals surface area contributed by atoms with Crippen LogP contribution in [-0.2, 0) is 0 Å². The predicted octanol–water partition coefficient (Wildman–Crippen LogP) is 4.00. The quantitative estimate of drug-likeness (QED) is 0.476. The van der Waals surface area contributed by atoms with Gasteiger partial charge in [-0.25, -0.2) is 0 Å². The Labute approximate surface area is 136 Å². The Morgan fingerprint density at radius 3 is 2.18 bits per heavy atom. The molecule has 0 atom stereocenters. The van der Waals surface area contributed by atoms with Crippen LogP contribution in [0.15, 0.2) is 65.4 Å². The van der Waals surface area contributed by atoms with Crippen molar-refractivity contribution >= 4 is 45.4 Å². The minimum absolute atomic E-state index is 0.649. The van der Waals surface area contributed by atoms with Gasteiger partial charge < -0.3 is 19.6 Å². The molecule has 0 aliphatic rings. The molecule has 3 N–H and O–H groups in total. The van der Waals surface area contributed by atoms with E-state index in [0.29, 0.717) is 13.4 Å². The van der Waals surface area contributed by atoms with Gasteiger partial charge in [-0.1, -0.05) is 28.1 Å². The van der Waals surface area contributed by atoms with Crippen molar-refractivity contribution in [2.75, 3.05) is 0 Å². The van der Waals surface area contributed by atoms with Gasteiger partial charge in [0.25, 0.3) is 0 Å². The van der Waals surface area contributed by atoms with E-state index < -0.39 is 0 Å². The van der Waals surface area contributed by atoms with Crippen LogP contribution in [0.1, 0.15) is 0 Å². The number of hydrogen-bond donors (Lipinski definition) is 3. The summed E-state index contributed by atoms with van der Waals surface area (Å²) < 4.78 is 6.03. The van der Waals surface area contributed by atoms with E-state index in [0.717, 1.165) is 15.4 Å². The van der Waals surface area contributed by atoms with Gasteiger partial charge in [-0.05, 0) is 36.4 Å². The normalized spacial score (nSPS) is 10.3. The molecule has 0 saturated carbocycles. The summed E-state index contributed by atoms with van der Waals surface area (Å²) in [4.78, 5) is 6.17. The monoisotopic (exact) mass is 355 g/mol. The van der Waals surface area contributed by atoms with Crippen LogP contribution >= 0.6 is 15.9 Å². The summed E-state index contributed by atoms with van der Waals surface area (Å²) in [5, 5.41) is 10.7. The van der Waals surface area contributed by atoms with Crippen molar-refractivity contribution in [3.05, 3.63) is 65.4 Å². The van der Waals surface area contributed by atoms with Gasteiger partial charge in [0, 0.05) is 38.7 Å². The van der Waals surface area contributed by atoms with Gasteiger partial charge in [-0.2, -0.15) is 0 Å². The zero-order chi connectivity index (χ0) is 15.4. The highest BCUT2D eigenvalue weighted by molar-refractivity contribution is 9.10. The molecular formula is C16H13BBrN2O2. The van der Waals surface area contributed by atoms with E-state index in [1.54, 1.807) is 6.07 Å². The molecule has 109 valence electrons. The Morgan fingerprint density at radius 1 is 0.864 bits per heavy atom. The van der Waals surface area contributed by atoms with E-state index in [1.807, 2.05) is 42.7 Å². The van der Waals surface area contributed by atoms with Gasteiger partial charge in [0.05, 0.1) is 0 Å². The molecule has 0 saturated heterocycles. The molecule has 4 aromatic rings. The molecule has 6 heteroatoms. The standard InChI is InChI=1S/C8H7BNO2.C8H6BrN/c11-9-12-8-3-1-2-7-6(8)4-5-10-7;9-7-2-1-3-8-6(7)4-5-10-8/h1-5,10-11H;1-5,10H. The molecule has 0 fully saturated rings. The lowest BCUT2D eigenvalue weighted by atomic mass is 10.2. The van der Waals surface area contributed by atoms with Crippen LogP contribution in [0, 0.1) is 0 Å². The van der Waals surface area contributed by atoms with Gasteiger partial charge in [-0.3, -0.25) is 0 Å². The highest BCUT2D eigenvalue weighted by Crippen LogP contribution is 2.23. The van der Waals surface area contributed by atoms with Crippen LogP contribution in [0.3, 0.4) is 0 Å². The highest BCUT2D eigenvalue weighted by atomic mass is 79.9. The van der Waals surface area contributed by atoms with E-state index >= 15 is 0 Å². The average Bonchev–Trinajstić information content (AvgIpc) is 3.18. The summed E-state index contributed by atoms with van der Waals surface area (Å²) in [5.41, 5.74) is 2.17. The molecule has 4 rings (SSSR count). The number of H-pyrrole nitrogens is 2. The minimum Gasteiger partial charge on any atom is -0.537 e. The van der Waals surface area contributed by atoms with Crippen molar-refractivity contribution in [2.45, 2.75) is 0 Å². The smallest absolute Gasteiger partial charge is 0.537 e. The van der Waals surface area contributed by atoms with E-state index in [9.17, 15) is 0 Å². The molecule has 2 aromatic carbocycles. The van der Waals surface area contributed by atoms with Gasteiger partial charge in [0.1, 0.15) is 5.75 Å². The second kappa shape index (κ2) is 6.72. The number of hydrogen-bond acceptors (Lipinski definition) is 2. The summed E-state index contributed by atoms with van der Waals surface area (Å²) in [6, 6.07) is 15.7. The molecule has 1 radical (unpaired) electrons. The fourth-order valence-corrected chi connectivity index (χ4v) is 2.76. The first-order valence-electron chi connectivity index (χ1n) is 6.70. The second-order valence-electron chi connectivity index (χ2n) is 4.60. The number of nitrogens with one attached hydrogen (secondary N) is 2. The fraction of sp³-hybridized carbons (Fsp3) is 0. The predicted molar refractivity (Wildman–Crippen MR) is 92.9 cm³/mol. The largest absolute Gasteiger partial charge is 0.569 e. The maximum Gasteiger partial charge on any atom is 0.569 e. The van der Waals surface area contributed by atoms with E-state index in [-0.39, 0.29) is 0 Å². The van der Waals surface area contributed by atoms with Crippen LogP contribution < -0.4 is 4.65 Å². The third-order valence-electron chi connectivity index (χ3n) is 3.28. The van der Waals surface area contributed by atoms with Crippen molar-refractivity contribution in [2.24, 2.45) is 0 Å². The van der Waals surface area contributed by atoms with Crippen molar-refractivity contribution in [1.29, 1.82) is 0 Å². The lowest BCUT2D eigenvalue weighted by Crippen LogP contribution is -1.99. The number of rotatable bonds is 2. The summed E-state index contributed by atoms with van der Waals surface area (Å²) in [6.45, 7) is 0. The molecule has 22 heavy (non-hydrogen) atoms. The summed E-state index contributed by atoms with van der Waals surface area (Å²) in [5.74, 6) is 0.649. The Bertz CT molecular complexity index is 888. The van der Waals surface area contributed by atoms with Gasteiger partial charge in [0.15, 0.2) is 0 Å². The molecule has 0 amide bonds. The molecular weight excluding hydrogens is 343 g/mol. The Morgan fingerprint density at radius 2 is 1.50 bits per heavy atom. The van der Waals surface area contributed by atoms with Crippen LogP contribution in [0.2, 0.25) is 0 Å². The molecule has 0 unspecified atom stereocenters. The summed E-state index contributed by atoms with van der Waals surface area (Å²) >= 11 is 3.46. The highest BCUT2D eigenvalue weighted by Gasteiger charge is 2.01. The summed E-state index contributed by atoms with van der Waals surface area (Å²) in [7, 11) is 0.682. The maximum absolute atomic E-state index is 8.46. The van der Waals surface area contributed by atoms with E-state index in [1.165, 1.54) is 10.9 Å². The molecule has 0 aliphatic carbocycles. The third-order valence-corrected chi connectivity index (χ3v) is 3.97. The molecule has 0 aliphatic heterocycles. The number of aromatic amines is 2. The number of fused-ring (bicyclic) bond motifs is 2. The number of benzene rings is 2. The zero-order valence-corrected chi connectivity index (χ0v) is 13.2. The lowest BCUT2D eigenvalue weighted by molar-refractivity contribution is 0.457. The molecule has 2 aromatic heterocycles. The first-order valence-corrected chi connectivity index (χ1v) is 7.49. The molecule has 0 spiro atoms. The van der Waals surface area contributed by atoms with Gasteiger partial charge in [0.2, 0.25) is 0 Å². The van der Waals surface area contributed by atoms with Gasteiger partial charge in [-0.15, -0.1) is 0 Å². The van der Waals surface area contributed by atoms with Crippen molar-refractivity contribution < 1.29 is 9.68 Å². The second-order valence-corrected chi connectivity index (χ2v) is 5.45. The van der Waals surface area contributed by atoms with Crippen molar-refractivity contribution in [1.82, 2.24) is 9.97 Å². The van der Waals surface area contributed by atoms with Crippen molar-refractivity contribution in [3.63, 3.8) is 0 Å². The van der Waals surface area contributed by atoms with E-state index in [4.69, 9.17) is 9.68 Å².